The number of aromatic nitrogens is 1. The van der Waals surface area contributed by atoms with Crippen LogP contribution in [0.5, 0.6) is 5.75 Å². The molecule has 0 aliphatic carbocycles. The molecule has 0 fully saturated rings. The van der Waals surface area contributed by atoms with Gasteiger partial charge in [0.25, 0.3) is 0 Å². The average molecular weight is 347 g/mol. The standard InChI is InChI=1S/C17H15ClN2O2S/c1-10-19-14-5-4-13(9-16(14)23-10)20-17(21)8-11-7-12(18)3-6-15(11)22-2/h3-7,9H,8H2,1-2H3,(H,20,21). The number of benzene rings is 2. The van der Waals surface area contributed by atoms with Crippen LogP contribution in [0, 0.1) is 6.92 Å². The zero-order valence-electron chi connectivity index (χ0n) is 12.7. The van der Waals surface area contributed by atoms with Gasteiger partial charge in [-0.25, -0.2) is 4.98 Å². The maximum atomic E-state index is 12.3. The van der Waals surface area contributed by atoms with E-state index in [1.807, 2.05) is 25.1 Å². The molecule has 0 bridgehead atoms. The SMILES string of the molecule is COc1ccc(Cl)cc1CC(=O)Nc1ccc2nc(C)sc2c1. The van der Waals surface area contributed by atoms with Crippen LogP contribution in [0.15, 0.2) is 36.4 Å². The number of anilines is 1. The Kier molecular flexibility index (Phi) is 4.50. The lowest BCUT2D eigenvalue weighted by Crippen LogP contribution is -2.14. The number of thiazole rings is 1. The predicted molar refractivity (Wildman–Crippen MR) is 94.7 cm³/mol. The summed E-state index contributed by atoms with van der Waals surface area (Å²) in [7, 11) is 1.57. The van der Waals surface area contributed by atoms with Crippen molar-refractivity contribution in [3.05, 3.63) is 52.0 Å². The first kappa shape index (κ1) is 15.8. The zero-order chi connectivity index (χ0) is 16.4. The topological polar surface area (TPSA) is 51.2 Å². The molecule has 0 saturated heterocycles. The summed E-state index contributed by atoms with van der Waals surface area (Å²) in [6, 6.07) is 10.9. The quantitative estimate of drug-likeness (QED) is 0.759. The van der Waals surface area contributed by atoms with Gasteiger partial charge in [-0.1, -0.05) is 11.6 Å². The largest absolute Gasteiger partial charge is 0.496 e. The van der Waals surface area contributed by atoms with Gasteiger partial charge in [-0.2, -0.15) is 0 Å². The fraction of sp³-hybridized carbons (Fsp3) is 0.176. The normalized spacial score (nSPS) is 10.7. The molecule has 1 aromatic heterocycles. The van der Waals surface area contributed by atoms with Crippen molar-refractivity contribution in [2.75, 3.05) is 12.4 Å². The van der Waals surface area contributed by atoms with Gasteiger partial charge in [0.2, 0.25) is 5.91 Å². The summed E-state index contributed by atoms with van der Waals surface area (Å²) >= 11 is 7.60. The second-order valence-electron chi connectivity index (χ2n) is 5.10. The summed E-state index contributed by atoms with van der Waals surface area (Å²) in [6.07, 6.45) is 0.198. The Labute approximate surface area is 143 Å². The number of fused-ring (bicyclic) bond motifs is 1. The summed E-state index contributed by atoms with van der Waals surface area (Å²) in [5.74, 6) is 0.532. The highest BCUT2D eigenvalue weighted by Crippen LogP contribution is 2.26. The molecule has 0 saturated carbocycles. The van der Waals surface area contributed by atoms with Gasteiger partial charge in [-0.15, -0.1) is 11.3 Å². The van der Waals surface area contributed by atoms with Crippen molar-refractivity contribution in [2.24, 2.45) is 0 Å². The Morgan fingerprint density at radius 3 is 2.91 bits per heavy atom. The molecule has 0 radical (unpaired) electrons. The van der Waals surface area contributed by atoms with Crippen molar-refractivity contribution in [1.82, 2.24) is 4.98 Å². The molecule has 0 spiro atoms. The van der Waals surface area contributed by atoms with E-state index in [4.69, 9.17) is 16.3 Å². The molecule has 4 nitrogen and oxygen atoms in total. The Morgan fingerprint density at radius 1 is 1.30 bits per heavy atom. The van der Waals surface area contributed by atoms with Gasteiger partial charge in [0, 0.05) is 16.3 Å². The third-order valence-electron chi connectivity index (χ3n) is 3.37. The van der Waals surface area contributed by atoms with Crippen molar-refractivity contribution < 1.29 is 9.53 Å². The van der Waals surface area contributed by atoms with Gasteiger partial charge < -0.3 is 10.1 Å². The molecule has 23 heavy (non-hydrogen) atoms. The number of aryl methyl sites for hydroxylation is 1. The van der Waals surface area contributed by atoms with Crippen LogP contribution in [0.3, 0.4) is 0 Å². The van der Waals surface area contributed by atoms with Crippen molar-refractivity contribution in [1.29, 1.82) is 0 Å². The molecule has 2 aromatic carbocycles. The number of amides is 1. The summed E-state index contributed by atoms with van der Waals surface area (Å²) < 4.78 is 6.32. The lowest BCUT2D eigenvalue weighted by atomic mass is 10.1. The minimum Gasteiger partial charge on any atom is -0.496 e. The second-order valence-corrected chi connectivity index (χ2v) is 6.77. The van der Waals surface area contributed by atoms with Crippen molar-refractivity contribution in [3.63, 3.8) is 0 Å². The van der Waals surface area contributed by atoms with Crippen LogP contribution >= 0.6 is 22.9 Å². The van der Waals surface area contributed by atoms with Crippen molar-refractivity contribution in [3.8, 4) is 5.75 Å². The van der Waals surface area contributed by atoms with E-state index < -0.39 is 0 Å². The first-order valence-corrected chi connectivity index (χ1v) is 8.24. The van der Waals surface area contributed by atoms with Crippen LogP contribution < -0.4 is 10.1 Å². The Hall–Kier alpha value is -2.11. The predicted octanol–water partition coefficient (Wildman–Crippen LogP) is 4.45. The number of hydrogen-bond donors (Lipinski definition) is 1. The number of halogens is 1. The number of carbonyl (C=O) groups is 1. The number of carbonyl (C=O) groups excluding carboxylic acids is 1. The van der Waals surface area contributed by atoms with E-state index in [1.54, 1.807) is 36.6 Å². The highest BCUT2D eigenvalue weighted by Gasteiger charge is 2.11. The summed E-state index contributed by atoms with van der Waals surface area (Å²) in [5.41, 5.74) is 2.46. The fourth-order valence-electron chi connectivity index (χ4n) is 2.38. The highest BCUT2D eigenvalue weighted by molar-refractivity contribution is 7.18. The van der Waals surface area contributed by atoms with Crippen molar-refractivity contribution in [2.45, 2.75) is 13.3 Å². The smallest absolute Gasteiger partial charge is 0.228 e. The van der Waals surface area contributed by atoms with E-state index in [2.05, 4.69) is 10.3 Å². The average Bonchev–Trinajstić information content (AvgIpc) is 2.86. The molecule has 1 heterocycles. The van der Waals surface area contributed by atoms with Gasteiger partial charge in [0.15, 0.2) is 0 Å². The number of rotatable bonds is 4. The van der Waals surface area contributed by atoms with Gasteiger partial charge in [-0.05, 0) is 43.3 Å². The number of methoxy groups -OCH3 is 1. The monoisotopic (exact) mass is 346 g/mol. The van der Waals surface area contributed by atoms with Gasteiger partial charge in [0.05, 0.1) is 28.8 Å². The van der Waals surface area contributed by atoms with Gasteiger partial charge in [-0.3, -0.25) is 4.79 Å². The molecule has 1 N–H and O–H groups in total. The fourth-order valence-corrected chi connectivity index (χ4v) is 3.44. The van der Waals surface area contributed by atoms with Crippen LogP contribution in [0.1, 0.15) is 10.6 Å². The molecule has 118 valence electrons. The molecule has 3 aromatic rings. The molecule has 1 amide bonds. The van der Waals surface area contributed by atoms with Gasteiger partial charge >= 0.3 is 0 Å². The second kappa shape index (κ2) is 6.56. The molecular formula is C17H15ClN2O2S. The van der Waals surface area contributed by atoms with E-state index in [1.165, 1.54) is 0 Å². The lowest BCUT2D eigenvalue weighted by Gasteiger charge is -2.09. The minimum atomic E-state index is -0.119. The Bertz CT molecular complexity index is 876. The molecule has 0 atom stereocenters. The highest BCUT2D eigenvalue weighted by atomic mass is 35.5. The third kappa shape index (κ3) is 3.63. The Morgan fingerprint density at radius 2 is 2.13 bits per heavy atom. The first-order valence-electron chi connectivity index (χ1n) is 7.04. The summed E-state index contributed by atoms with van der Waals surface area (Å²) in [4.78, 5) is 16.7. The minimum absolute atomic E-state index is 0.119. The molecular weight excluding hydrogens is 332 g/mol. The van der Waals surface area contributed by atoms with Crippen molar-refractivity contribution >= 4 is 44.7 Å². The van der Waals surface area contributed by atoms with E-state index in [-0.39, 0.29) is 12.3 Å². The van der Waals surface area contributed by atoms with Crippen LogP contribution in [0.25, 0.3) is 10.2 Å². The third-order valence-corrected chi connectivity index (χ3v) is 4.54. The van der Waals surface area contributed by atoms with Crippen LogP contribution in [0.2, 0.25) is 5.02 Å². The zero-order valence-corrected chi connectivity index (χ0v) is 14.3. The molecule has 6 heteroatoms. The van der Waals surface area contributed by atoms with Crippen LogP contribution in [-0.4, -0.2) is 18.0 Å². The molecule has 0 aliphatic heterocycles. The maximum Gasteiger partial charge on any atom is 0.228 e. The van der Waals surface area contributed by atoms with E-state index >= 15 is 0 Å². The van der Waals surface area contributed by atoms with Crippen LogP contribution in [-0.2, 0) is 11.2 Å². The van der Waals surface area contributed by atoms with Crippen LogP contribution in [0.4, 0.5) is 5.69 Å². The molecule has 3 rings (SSSR count). The first-order chi connectivity index (χ1) is 11.0. The lowest BCUT2D eigenvalue weighted by molar-refractivity contribution is -0.115. The van der Waals surface area contributed by atoms with E-state index in [0.29, 0.717) is 10.8 Å². The summed E-state index contributed by atoms with van der Waals surface area (Å²) in [5, 5.41) is 4.49. The van der Waals surface area contributed by atoms with E-state index in [9.17, 15) is 4.79 Å². The van der Waals surface area contributed by atoms with E-state index in [0.717, 1.165) is 26.5 Å². The molecule has 0 unspecified atom stereocenters. The number of hydrogen-bond acceptors (Lipinski definition) is 4. The number of nitrogens with zero attached hydrogens (tertiary/aromatic N) is 1. The number of ether oxygens (including phenoxy) is 1. The van der Waals surface area contributed by atoms with Gasteiger partial charge in [0.1, 0.15) is 5.75 Å². The summed E-state index contributed by atoms with van der Waals surface area (Å²) in [6.45, 7) is 1.97. The number of nitrogens with one attached hydrogen (secondary N) is 1. The Balaban J connectivity index is 1.76. The maximum absolute atomic E-state index is 12.3. The molecule has 0 aliphatic rings.